The third kappa shape index (κ3) is 9.34. The number of aliphatic hydroxyl groups excluding tert-OH is 1. The number of carbonyl (C=O) groups excluding carboxylic acids is 2. The monoisotopic (exact) mass is 636 g/mol. The normalized spacial score (nSPS) is 14.1. The number of phenols is 1. The van der Waals surface area contributed by atoms with Gasteiger partial charge in [-0.1, -0.05) is 75.7 Å². The lowest BCUT2D eigenvalue weighted by atomic mass is 9.88. The van der Waals surface area contributed by atoms with Gasteiger partial charge in [-0.3, -0.25) is 9.59 Å². The second kappa shape index (κ2) is 17.6. The minimum atomic E-state index is -0.911. The zero-order valence-electron chi connectivity index (χ0n) is 26.6. The van der Waals surface area contributed by atoms with E-state index >= 15 is 0 Å². The van der Waals surface area contributed by atoms with Gasteiger partial charge in [0, 0.05) is 22.8 Å². The minimum absolute atomic E-state index is 0.00196. The highest BCUT2D eigenvalue weighted by atomic mass is 32.1. The number of fused-ring (bicyclic) bond motifs is 1. The van der Waals surface area contributed by atoms with E-state index in [4.69, 9.17) is 26.1 Å². The van der Waals surface area contributed by atoms with Crippen LogP contribution in [0.5, 0.6) is 11.5 Å². The van der Waals surface area contributed by atoms with Crippen molar-refractivity contribution in [1.82, 2.24) is 0 Å². The zero-order chi connectivity index (χ0) is 32.9. The number of esters is 1. The molecule has 2 aromatic rings. The first-order chi connectivity index (χ1) is 21.6. The SMILES string of the molecule is CCCC[C@H](O)[C@H](/C=C/C=C\CCCCOc1ccc(C(C)=O)c(O)c1CCC)c1c(C(=O)OC)oc2c(c1=O)=CCC(=S)C=2. The standard InChI is InChI=1S/C36H44O8S/c1-5-7-16-29(38)26(32-34(40)28-18-17-24(45)22-31(28)44-35(32)36(41)42-4)15-12-10-8-9-11-13-21-43-30-20-19-25(23(3)37)33(39)27(30)14-6-2/h8,10,12,15,18-20,22,26,29,38-39H,5-7,9,11,13-14,16-17,21H2,1-4H3/b10-8-,15-12+/t26-,29-/m0/s1. The van der Waals surface area contributed by atoms with Gasteiger partial charge < -0.3 is 24.1 Å². The highest BCUT2D eigenvalue weighted by Crippen LogP contribution is 2.33. The number of carbonyl (C=O) groups is 2. The average molecular weight is 637 g/mol. The number of hydrogen-bond acceptors (Lipinski definition) is 9. The van der Waals surface area contributed by atoms with Gasteiger partial charge in [0.05, 0.1) is 36.2 Å². The molecule has 9 heteroatoms. The number of allylic oxidation sites excluding steroid dienone is 3. The molecular formula is C36H44O8S. The molecule has 1 aromatic carbocycles. The lowest BCUT2D eigenvalue weighted by Crippen LogP contribution is -2.45. The molecule has 0 unspecified atom stereocenters. The van der Waals surface area contributed by atoms with Crippen LogP contribution in [-0.4, -0.2) is 46.7 Å². The van der Waals surface area contributed by atoms with E-state index in [2.05, 4.69) is 0 Å². The van der Waals surface area contributed by atoms with Gasteiger partial charge in [-0.15, -0.1) is 0 Å². The first-order valence-electron chi connectivity index (χ1n) is 15.6. The van der Waals surface area contributed by atoms with E-state index in [9.17, 15) is 24.6 Å². The average Bonchev–Trinajstić information content (AvgIpc) is 3.02. The Bertz CT molecular complexity index is 1610. The van der Waals surface area contributed by atoms with Crippen LogP contribution >= 0.6 is 12.2 Å². The molecule has 0 fully saturated rings. The molecule has 0 saturated heterocycles. The molecule has 8 nitrogen and oxygen atoms in total. The molecule has 0 saturated carbocycles. The Morgan fingerprint density at radius 3 is 2.60 bits per heavy atom. The number of ether oxygens (including phenoxy) is 2. The number of methoxy groups -OCH3 is 1. The Hall–Kier alpha value is -3.82. The number of aliphatic hydroxyl groups is 1. The largest absolute Gasteiger partial charge is 0.507 e. The number of unbranched alkanes of at least 4 members (excludes halogenated alkanes) is 3. The van der Waals surface area contributed by atoms with Crippen LogP contribution in [0.3, 0.4) is 0 Å². The minimum Gasteiger partial charge on any atom is -0.507 e. The quantitative estimate of drug-likeness (QED) is 0.0749. The van der Waals surface area contributed by atoms with Gasteiger partial charge >= 0.3 is 5.97 Å². The molecule has 0 radical (unpaired) electrons. The van der Waals surface area contributed by atoms with Crippen molar-refractivity contribution in [1.29, 1.82) is 0 Å². The van der Waals surface area contributed by atoms with E-state index in [0.29, 0.717) is 52.8 Å². The predicted molar refractivity (Wildman–Crippen MR) is 180 cm³/mol. The number of phenolic OH excluding ortho intramolecular Hbond substituents is 1. The summed E-state index contributed by atoms with van der Waals surface area (Å²) < 4.78 is 16.8. The third-order valence-electron chi connectivity index (χ3n) is 7.69. The number of rotatable bonds is 17. The summed E-state index contributed by atoms with van der Waals surface area (Å²) in [5.74, 6) is -1.38. The van der Waals surface area contributed by atoms with Crippen molar-refractivity contribution in [3.05, 3.63) is 79.7 Å². The molecule has 2 atom stereocenters. The van der Waals surface area contributed by atoms with Crippen LogP contribution in [0.4, 0.5) is 0 Å². The number of thiocarbonyl (C=S) groups is 1. The predicted octanol–water partition coefficient (Wildman–Crippen LogP) is 5.62. The molecule has 1 aliphatic rings. The van der Waals surface area contributed by atoms with Gasteiger partial charge in [0.25, 0.3) is 0 Å². The maximum Gasteiger partial charge on any atom is 0.374 e. The fourth-order valence-corrected chi connectivity index (χ4v) is 5.47. The molecule has 2 N–H and O–H groups in total. The Morgan fingerprint density at radius 2 is 1.91 bits per heavy atom. The van der Waals surface area contributed by atoms with Crippen LogP contribution < -0.4 is 20.8 Å². The van der Waals surface area contributed by atoms with Gasteiger partial charge in [-0.2, -0.15) is 0 Å². The van der Waals surface area contributed by atoms with Gasteiger partial charge in [-0.05, 0) is 57.2 Å². The van der Waals surface area contributed by atoms with Crippen molar-refractivity contribution < 1.29 is 33.7 Å². The Balaban J connectivity index is 1.71. The summed E-state index contributed by atoms with van der Waals surface area (Å²) in [7, 11) is 1.22. The molecule has 1 heterocycles. The summed E-state index contributed by atoms with van der Waals surface area (Å²) in [6, 6.07) is 3.35. The lowest BCUT2D eigenvalue weighted by molar-refractivity contribution is 0.0553. The summed E-state index contributed by atoms with van der Waals surface area (Å²) >= 11 is 5.26. The maximum absolute atomic E-state index is 13.7. The summed E-state index contributed by atoms with van der Waals surface area (Å²) in [6.45, 7) is 5.92. The van der Waals surface area contributed by atoms with Crippen molar-refractivity contribution in [3.63, 3.8) is 0 Å². The summed E-state index contributed by atoms with van der Waals surface area (Å²) in [5.41, 5.74) is 0.888. The fraction of sp³-hybridized carbons (Fsp3) is 0.444. The Labute approximate surface area is 269 Å². The van der Waals surface area contributed by atoms with Crippen molar-refractivity contribution in [2.24, 2.45) is 0 Å². The first kappa shape index (κ1) is 35.7. The van der Waals surface area contributed by atoms with Crippen LogP contribution in [0.2, 0.25) is 0 Å². The molecule has 0 aliphatic heterocycles. The molecule has 0 amide bonds. The molecule has 3 rings (SSSR count). The highest BCUT2D eigenvalue weighted by molar-refractivity contribution is 7.81. The number of hydrogen-bond donors (Lipinski definition) is 2. The van der Waals surface area contributed by atoms with Crippen LogP contribution in [-0.2, 0) is 11.2 Å². The first-order valence-corrected chi connectivity index (χ1v) is 16.0. The number of Topliss-reactive ketones (excluding diaryl/α,β-unsaturated/α-hetero) is 1. The van der Waals surface area contributed by atoms with Crippen LogP contribution in [0.1, 0.15) is 110 Å². The third-order valence-corrected chi connectivity index (χ3v) is 7.97. The van der Waals surface area contributed by atoms with E-state index in [0.717, 1.165) is 38.5 Å². The molecule has 0 spiro atoms. The van der Waals surface area contributed by atoms with E-state index in [1.54, 1.807) is 36.4 Å². The van der Waals surface area contributed by atoms with Crippen molar-refractivity contribution in [3.8, 4) is 11.5 Å². The topological polar surface area (TPSA) is 123 Å². The van der Waals surface area contributed by atoms with E-state index in [1.807, 2.05) is 26.0 Å². The number of aromatic hydroxyl groups is 1. The summed E-state index contributed by atoms with van der Waals surface area (Å²) in [6.07, 6.45) is 16.0. The van der Waals surface area contributed by atoms with E-state index < -0.39 is 18.0 Å². The molecular weight excluding hydrogens is 592 g/mol. The van der Waals surface area contributed by atoms with Crippen molar-refractivity contribution >= 4 is 41.0 Å². The number of ketones is 1. The van der Waals surface area contributed by atoms with E-state index in [1.165, 1.54) is 14.0 Å². The fourth-order valence-electron chi connectivity index (χ4n) is 5.28. The van der Waals surface area contributed by atoms with Gasteiger partial charge in [0.15, 0.2) is 11.2 Å². The highest BCUT2D eigenvalue weighted by Gasteiger charge is 2.30. The van der Waals surface area contributed by atoms with Gasteiger partial charge in [0.2, 0.25) is 5.76 Å². The molecule has 1 aliphatic carbocycles. The number of benzene rings is 1. The van der Waals surface area contributed by atoms with Crippen molar-refractivity contribution in [2.75, 3.05) is 13.7 Å². The summed E-state index contributed by atoms with van der Waals surface area (Å²) in [5, 5.41) is 22.0. The Kier molecular flexibility index (Phi) is 14.0. The Morgan fingerprint density at radius 1 is 1.13 bits per heavy atom. The molecule has 1 aromatic heterocycles. The maximum atomic E-state index is 13.7. The van der Waals surface area contributed by atoms with Crippen LogP contribution in [0.15, 0.2) is 45.6 Å². The van der Waals surface area contributed by atoms with Crippen LogP contribution in [0.25, 0.3) is 12.2 Å². The summed E-state index contributed by atoms with van der Waals surface area (Å²) in [4.78, 5) is 38.8. The molecule has 0 bridgehead atoms. The second-order valence-corrected chi connectivity index (χ2v) is 11.6. The molecule has 45 heavy (non-hydrogen) atoms. The van der Waals surface area contributed by atoms with E-state index in [-0.39, 0.29) is 33.7 Å². The van der Waals surface area contributed by atoms with Gasteiger partial charge in [0.1, 0.15) is 16.9 Å². The lowest BCUT2D eigenvalue weighted by Gasteiger charge is -2.21. The van der Waals surface area contributed by atoms with Crippen LogP contribution in [0, 0.1) is 0 Å². The molecule has 242 valence electrons. The van der Waals surface area contributed by atoms with Crippen molar-refractivity contribution in [2.45, 2.75) is 90.6 Å². The smallest absolute Gasteiger partial charge is 0.374 e. The van der Waals surface area contributed by atoms with Gasteiger partial charge in [-0.25, -0.2) is 4.79 Å². The second-order valence-electron chi connectivity index (χ2n) is 11.1. The zero-order valence-corrected chi connectivity index (χ0v) is 27.4.